The van der Waals surface area contributed by atoms with E-state index in [-0.39, 0.29) is 23.8 Å². The summed E-state index contributed by atoms with van der Waals surface area (Å²) < 4.78 is 0. The third-order valence-corrected chi connectivity index (χ3v) is 6.30. The van der Waals surface area contributed by atoms with E-state index in [0.29, 0.717) is 52.5 Å². The van der Waals surface area contributed by atoms with Crippen LogP contribution >= 0.6 is 34.8 Å². The monoisotopic (exact) mass is 468 g/mol. The first-order valence-corrected chi connectivity index (χ1v) is 10.8. The van der Waals surface area contributed by atoms with Crippen molar-refractivity contribution in [3.63, 3.8) is 0 Å². The predicted molar refractivity (Wildman–Crippen MR) is 121 cm³/mol. The van der Waals surface area contributed by atoms with Crippen LogP contribution in [0.4, 0.5) is 11.5 Å². The van der Waals surface area contributed by atoms with Crippen LogP contribution in [0.1, 0.15) is 25.3 Å². The molecule has 0 spiro atoms. The van der Waals surface area contributed by atoms with Gasteiger partial charge in [-0.3, -0.25) is 14.5 Å². The van der Waals surface area contributed by atoms with Crippen LogP contribution in [-0.2, 0) is 9.59 Å². The Morgan fingerprint density at radius 3 is 2.40 bits per heavy atom. The number of nitrogens with zero attached hydrogens (tertiary/aromatic N) is 2. The SMILES string of the molecule is Cc1ccnc(NC(=O)C2CCN(C(C)C(=O)Nc3cc(Cl)c(Cl)cc3Cl)CC2)c1. The number of likely N-dealkylation sites (tertiary alicyclic amines) is 1. The molecule has 3 rings (SSSR count). The number of pyridine rings is 1. The van der Waals surface area contributed by atoms with Crippen molar-refractivity contribution < 1.29 is 9.59 Å². The fourth-order valence-corrected chi connectivity index (χ4v) is 4.00. The maximum atomic E-state index is 12.7. The summed E-state index contributed by atoms with van der Waals surface area (Å²) in [6, 6.07) is 6.38. The van der Waals surface area contributed by atoms with Gasteiger partial charge in [-0.15, -0.1) is 0 Å². The van der Waals surface area contributed by atoms with Crippen molar-refractivity contribution in [3.8, 4) is 0 Å². The molecule has 1 atom stereocenters. The summed E-state index contributed by atoms with van der Waals surface area (Å²) in [4.78, 5) is 31.4. The molecule has 2 amide bonds. The molecule has 1 aromatic carbocycles. The predicted octanol–water partition coefficient (Wildman–Crippen LogP) is 5.03. The zero-order chi connectivity index (χ0) is 21.8. The largest absolute Gasteiger partial charge is 0.323 e. The normalized spacial score (nSPS) is 16.2. The number of anilines is 2. The van der Waals surface area contributed by atoms with Gasteiger partial charge in [0.25, 0.3) is 0 Å². The second kappa shape index (κ2) is 9.96. The van der Waals surface area contributed by atoms with Crippen molar-refractivity contribution in [2.24, 2.45) is 5.92 Å². The van der Waals surface area contributed by atoms with Gasteiger partial charge in [0, 0.05) is 12.1 Å². The number of hydrogen-bond acceptors (Lipinski definition) is 4. The van der Waals surface area contributed by atoms with Crippen LogP contribution in [-0.4, -0.2) is 40.8 Å². The summed E-state index contributed by atoms with van der Waals surface area (Å²) in [5, 5.41) is 6.66. The Hall–Kier alpha value is -1.86. The quantitative estimate of drug-likeness (QED) is 0.602. The molecule has 160 valence electrons. The summed E-state index contributed by atoms with van der Waals surface area (Å²) in [7, 11) is 0. The number of benzene rings is 1. The van der Waals surface area contributed by atoms with E-state index >= 15 is 0 Å². The van der Waals surface area contributed by atoms with E-state index in [1.165, 1.54) is 12.1 Å². The smallest absolute Gasteiger partial charge is 0.241 e. The molecule has 0 radical (unpaired) electrons. The van der Waals surface area contributed by atoms with Crippen molar-refractivity contribution in [1.82, 2.24) is 9.88 Å². The Morgan fingerprint density at radius 1 is 1.07 bits per heavy atom. The molecule has 0 aliphatic carbocycles. The van der Waals surface area contributed by atoms with Crippen molar-refractivity contribution in [1.29, 1.82) is 0 Å². The number of aromatic nitrogens is 1. The molecule has 9 heteroatoms. The average molecular weight is 470 g/mol. The Morgan fingerprint density at radius 2 is 1.73 bits per heavy atom. The van der Waals surface area contributed by atoms with Gasteiger partial charge in [0.05, 0.1) is 26.8 Å². The molecular weight excluding hydrogens is 447 g/mol. The van der Waals surface area contributed by atoms with Gasteiger partial charge in [0.1, 0.15) is 5.82 Å². The number of carbonyl (C=O) groups excluding carboxylic acids is 2. The van der Waals surface area contributed by atoms with Crippen LogP contribution in [0.3, 0.4) is 0 Å². The molecule has 2 heterocycles. The summed E-state index contributed by atoms with van der Waals surface area (Å²) in [6.07, 6.45) is 3.01. The standard InChI is InChI=1S/C21H23Cl3N4O2/c1-12-3-6-25-19(9-12)27-21(30)14-4-7-28(8-5-14)13(2)20(29)26-18-11-16(23)15(22)10-17(18)24/h3,6,9-11,13-14H,4-5,7-8H2,1-2H3,(H,26,29)(H,25,27,30). The number of amides is 2. The zero-order valence-corrected chi connectivity index (χ0v) is 19.0. The summed E-state index contributed by atoms with van der Waals surface area (Å²) >= 11 is 18.1. The fourth-order valence-electron chi connectivity index (χ4n) is 3.40. The maximum Gasteiger partial charge on any atom is 0.241 e. The minimum atomic E-state index is -0.377. The second-order valence-corrected chi connectivity index (χ2v) is 8.65. The summed E-state index contributed by atoms with van der Waals surface area (Å²) in [5.41, 5.74) is 1.46. The van der Waals surface area contributed by atoms with Gasteiger partial charge in [-0.05, 0) is 69.6 Å². The molecule has 30 heavy (non-hydrogen) atoms. The third-order valence-electron chi connectivity index (χ3n) is 5.26. The highest BCUT2D eigenvalue weighted by Crippen LogP contribution is 2.32. The zero-order valence-electron chi connectivity index (χ0n) is 16.7. The van der Waals surface area contributed by atoms with Crippen LogP contribution in [0, 0.1) is 12.8 Å². The molecule has 2 aromatic rings. The number of hydrogen-bond donors (Lipinski definition) is 2. The lowest BCUT2D eigenvalue weighted by Crippen LogP contribution is -2.47. The molecule has 1 aliphatic rings. The van der Waals surface area contributed by atoms with E-state index in [0.717, 1.165) is 5.56 Å². The average Bonchev–Trinajstić information content (AvgIpc) is 2.71. The molecule has 1 unspecified atom stereocenters. The van der Waals surface area contributed by atoms with E-state index in [1.807, 2.05) is 26.0 Å². The molecule has 1 aliphatic heterocycles. The number of piperidine rings is 1. The van der Waals surface area contributed by atoms with Gasteiger partial charge >= 0.3 is 0 Å². The lowest BCUT2D eigenvalue weighted by atomic mass is 9.95. The lowest BCUT2D eigenvalue weighted by molar-refractivity contribution is -0.123. The lowest BCUT2D eigenvalue weighted by Gasteiger charge is -2.34. The molecule has 1 aromatic heterocycles. The minimum Gasteiger partial charge on any atom is -0.323 e. The summed E-state index contributed by atoms with van der Waals surface area (Å²) in [5.74, 6) is 0.228. The van der Waals surface area contributed by atoms with Crippen LogP contribution < -0.4 is 10.6 Å². The number of carbonyl (C=O) groups is 2. The van der Waals surface area contributed by atoms with Crippen molar-refractivity contribution in [3.05, 3.63) is 51.1 Å². The number of aryl methyl sites for hydroxylation is 1. The van der Waals surface area contributed by atoms with Crippen LogP contribution in [0.15, 0.2) is 30.5 Å². The van der Waals surface area contributed by atoms with E-state index in [2.05, 4.69) is 20.5 Å². The highest BCUT2D eigenvalue weighted by molar-refractivity contribution is 6.44. The molecule has 1 fully saturated rings. The first kappa shape index (κ1) is 22.8. The van der Waals surface area contributed by atoms with Crippen LogP contribution in [0.25, 0.3) is 0 Å². The van der Waals surface area contributed by atoms with Gasteiger partial charge in [-0.25, -0.2) is 4.98 Å². The van der Waals surface area contributed by atoms with Gasteiger partial charge in [-0.1, -0.05) is 34.8 Å². The summed E-state index contributed by atoms with van der Waals surface area (Å²) in [6.45, 7) is 5.07. The topological polar surface area (TPSA) is 74.3 Å². The number of nitrogens with one attached hydrogen (secondary N) is 2. The molecule has 2 N–H and O–H groups in total. The van der Waals surface area contributed by atoms with Crippen molar-refractivity contribution in [2.75, 3.05) is 23.7 Å². The van der Waals surface area contributed by atoms with E-state index in [1.54, 1.807) is 6.20 Å². The van der Waals surface area contributed by atoms with Crippen molar-refractivity contribution >= 4 is 58.1 Å². The van der Waals surface area contributed by atoms with Crippen LogP contribution in [0.5, 0.6) is 0 Å². The van der Waals surface area contributed by atoms with Gasteiger partial charge in [0.15, 0.2) is 0 Å². The Balaban J connectivity index is 1.53. The van der Waals surface area contributed by atoms with Crippen LogP contribution in [0.2, 0.25) is 15.1 Å². The van der Waals surface area contributed by atoms with E-state index in [9.17, 15) is 9.59 Å². The Bertz CT molecular complexity index is 946. The molecule has 0 saturated carbocycles. The highest BCUT2D eigenvalue weighted by atomic mass is 35.5. The molecule has 6 nitrogen and oxygen atoms in total. The second-order valence-electron chi connectivity index (χ2n) is 7.43. The maximum absolute atomic E-state index is 12.7. The Labute approximate surface area is 190 Å². The number of rotatable bonds is 5. The first-order valence-electron chi connectivity index (χ1n) is 9.67. The van der Waals surface area contributed by atoms with E-state index in [4.69, 9.17) is 34.8 Å². The molecular formula is C21H23Cl3N4O2. The van der Waals surface area contributed by atoms with Gasteiger partial charge in [-0.2, -0.15) is 0 Å². The molecule has 0 bridgehead atoms. The van der Waals surface area contributed by atoms with E-state index < -0.39 is 0 Å². The highest BCUT2D eigenvalue weighted by Gasteiger charge is 2.30. The third kappa shape index (κ3) is 5.64. The van der Waals surface area contributed by atoms with Gasteiger partial charge < -0.3 is 10.6 Å². The Kier molecular flexibility index (Phi) is 7.58. The minimum absolute atomic E-state index is 0.0348. The first-order chi connectivity index (χ1) is 14.2. The number of halogens is 3. The molecule has 1 saturated heterocycles. The van der Waals surface area contributed by atoms with Crippen molar-refractivity contribution in [2.45, 2.75) is 32.7 Å². The fraction of sp³-hybridized carbons (Fsp3) is 0.381. The van der Waals surface area contributed by atoms with Gasteiger partial charge in [0.2, 0.25) is 11.8 Å².